The normalized spacial score (nSPS) is 10.1. The topological polar surface area (TPSA) is 75.6 Å². The van der Waals surface area contributed by atoms with Gasteiger partial charge in [0.15, 0.2) is 0 Å². The predicted octanol–water partition coefficient (Wildman–Crippen LogP) is 1.99. The fourth-order valence-electron chi connectivity index (χ4n) is 1.23. The number of amides is 1. The smallest absolute Gasteiger partial charge is 0.339 e. The molecular weight excluding hydrogens is 222 g/mol. The quantitative estimate of drug-likeness (QED) is 0.839. The highest BCUT2D eigenvalue weighted by Gasteiger charge is 2.13. The molecule has 0 unspecified atom stereocenters. The van der Waals surface area contributed by atoms with Crippen LogP contribution in [0, 0.1) is 5.92 Å². The van der Waals surface area contributed by atoms with Gasteiger partial charge in [-0.05, 0) is 12.1 Å². The first-order valence-corrected chi connectivity index (χ1v) is 5.18. The molecule has 1 aromatic rings. The molecule has 1 aromatic carbocycles. The Morgan fingerprint density at radius 2 is 2.00 bits per heavy atom. The lowest BCUT2D eigenvalue weighted by atomic mass is 10.1. The molecule has 5 heteroatoms. The van der Waals surface area contributed by atoms with Gasteiger partial charge in [-0.1, -0.05) is 13.8 Å². The molecule has 0 fully saturated rings. The third-order valence-electron chi connectivity index (χ3n) is 2.22. The average molecular weight is 237 g/mol. The van der Waals surface area contributed by atoms with Crippen molar-refractivity contribution in [3.05, 3.63) is 23.8 Å². The van der Waals surface area contributed by atoms with Crippen LogP contribution >= 0.6 is 0 Å². The zero-order valence-corrected chi connectivity index (χ0v) is 9.98. The molecule has 0 radical (unpaired) electrons. The minimum atomic E-state index is -1.07. The van der Waals surface area contributed by atoms with E-state index in [1.165, 1.54) is 25.3 Å². The summed E-state index contributed by atoms with van der Waals surface area (Å²) in [4.78, 5) is 22.3. The first-order chi connectivity index (χ1) is 7.95. The Morgan fingerprint density at radius 3 is 2.47 bits per heavy atom. The number of benzene rings is 1. The van der Waals surface area contributed by atoms with Gasteiger partial charge in [-0.25, -0.2) is 4.79 Å². The van der Waals surface area contributed by atoms with E-state index in [1.807, 2.05) is 0 Å². The summed E-state index contributed by atoms with van der Waals surface area (Å²) in [6.45, 7) is 3.55. The van der Waals surface area contributed by atoms with E-state index in [0.717, 1.165) is 0 Å². The number of ether oxygens (including phenoxy) is 1. The summed E-state index contributed by atoms with van der Waals surface area (Å²) in [5.41, 5.74) is 0.584. The second kappa shape index (κ2) is 5.34. The largest absolute Gasteiger partial charge is 0.496 e. The lowest BCUT2D eigenvalue weighted by Gasteiger charge is -2.10. The van der Waals surface area contributed by atoms with E-state index in [9.17, 15) is 9.59 Å². The molecule has 5 nitrogen and oxygen atoms in total. The van der Waals surface area contributed by atoms with Gasteiger partial charge in [-0.2, -0.15) is 0 Å². The summed E-state index contributed by atoms with van der Waals surface area (Å²) in [5, 5.41) is 11.6. The Morgan fingerprint density at radius 1 is 1.35 bits per heavy atom. The molecule has 1 rings (SSSR count). The summed E-state index contributed by atoms with van der Waals surface area (Å²) < 4.78 is 4.96. The van der Waals surface area contributed by atoms with Crippen LogP contribution in [0.4, 0.5) is 5.69 Å². The molecule has 0 atom stereocenters. The molecule has 0 aromatic heterocycles. The number of methoxy groups -OCH3 is 1. The van der Waals surface area contributed by atoms with E-state index in [1.54, 1.807) is 13.8 Å². The minimum absolute atomic E-state index is 0.0649. The first-order valence-electron chi connectivity index (χ1n) is 5.18. The highest BCUT2D eigenvalue weighted by molar-refractivity contribution is 5.95. The highest BCUT2D eigenvalue weighted by Crippen LogP contribution is 2.23. The van der Waals surface area contributed by atoms with Gasteiger partial charge in [-0.15, -0.1) is 0 Å². The van der Waals surface area contributed by atoms with Crippen molar-refractivity contribution in [2.24, 2.45) is 5.92 Å². The zero-order valence-electron chi connectivity index (χ0n) is 9.98. The second-order valence-electron chi connectivity index (χ2n) is 3.86. The second-order valence-corrected chi connectivity index (χ2v) is 3.86. The van der Waals surface area contributed by atoms with E-state index < -0.39 is 5.97 Å². The Labute approximate surface area is 99.4 Å². The number of carbonyl (C=O) groups is 2. The van der Waals surface area contributed by atoms with E-state index in [0.29, 0.717) is 5.69 Å². The Bertz CT molecular complexity index is 440. The van der Waals surface area contributed by atoms with Crippen LogP contribution in [0.2, 0.25) is 0 Å². The molecular formula is C12H15NO4. The molecule has 0 spiro atoms. The Kier molecular flexibility index (Phi) is 4.09. The van der Waals surface area contributed by atoms with Crippen LogP contribution in [0.5, 0.6) is 5.75 Å². The van der Waals surface area contributed by atoms with Crippen LogP contribution in [0.1, 0.15) is 24.2 Å². The maximum absolute atomic E-state index is 11.5. The maximum Gasteiger partial charge on any atom is 0.339 e. The van der Waals surface area contributed by atoms with E-state index >= 15 is 0 Å². The summed E-state index contributed by atoms with van der Waals surface area (Å²) in [7, 11) is 1.38. The van der Waals surface area contributed by atoms with Crippen molar-refractivity contribution in [2.45, 2.75) is 13.8 Å². The molecule has 0 bridgehead atoms. The lowest BCUT2D eigenvalue weighted by Crippen LogP contribution is -2.17. The van der Waals surface area contributed by atoms with Gasteiger partial charge in [0.05, 0.1) is 7.11 Å². The van der Waals surface area contributed by atoms with Crippen LogP contribution in [-0.2, 0) is 4.79 Å². The molecule has 2 N–H and O–H groups in total. The fraction of sp³-hybridized carbons (Fsp3) is 0.333. The van der Waals surface area contributed by atoms with Gasteiger partial charge in [0.25, 0.3) is 0 Å². The highest BCUT2D eigenvalue weighted by atomic mass is 16.5. The van der Waals surface area contributed by atoms with Crippen LogP contribution in [0.3, 0.4) is 0 Å². The van der Waals surface area contributed by atoms with Crippen molar-refractivity contribution in [3.8, 4) is 5.75 Å². The number of anilines is 1. The minimum Gasteiger partial charge on any atom is -0.496 e. The van der Waals surface area contributed by atoms with E-state index in [4.69, 9.17) is 9.84 Å². The van der Waals surface area contributed by atoms with E-state index in [-0.39, 0.29) is 23.1 Å². The van der Waals surface area contributed by atoms with Crippen molar-refractivity contribution in [1.82, 2.24) is 0 Å². The summed E-state index contributed by atoms with van der Waals surface area (Å²) in [6.07, 6.45) is 0. The van der Waals surface area contributed by atoms with Crippen molar-refractivity contribution in [3.63, 3.8) is 0 Å². The third-order valence-corrected chi connectivity index (χ3v) is 2.22. The molecule has 0 heterocycles. The number of hydrogen-bond acceptors (Lipinski definition) is 3. The molecule has 92 valence electrons. The predicted molar refractivity (Wildman–Crippen MR) is 63.4 cm³/mol. The average Bonchev–Trinajstić information content (AvgIpc) is 2.28. The summed E-state index contributed by atoms with van der Waals surface area (Å²) in [6, 6.07) is 4.42. The number of aromatic carboxylic acids is 1. The van der Waals surface area contributed by atoms with Crippen LogP contribution < -0.4 is 10.1 Å². The molecule has 0 aliphatic rings. The standard InChI is InChI=1S/C12H15NO4/c1-7(2)11(14)13-8-4-5-9(12(15)16)10(6-8)17-3/h4-7H,1-3H3,(H,13,14)(H,15,16). The monoisotopic (exact) mass is 237 g/mol. The Balaban J connectivity index is 2.98. The zero-order chi connectivity index (χ0) is 13.0. The molecule has 0 aliphatic heterocycles. The summed E-state index contributed by atoms with van der Waals surface area (Å²) in [5.74, 6) is -1.11. The fourth-order valence-corrected chi connectivity index (χ4v) is 1.23. The van der Waals surface area contributed by atoms with Crippen LogP contribution in [0.25, 0.3) is 0 Å². The molecule has 0 aliphatic carbocycles. The maximum atomic E-state index is 11.5. The number of carbonyl (C=O) groups excluding carboxylic acids is 1. The Hall–Kier alpha value is -2.04. The molecule has 17 heavy (non-hydrogen) atoms. The van der Waals surface area contributed by atoms with Crippen molar-refractivity contribution in [1.29, 1.82) is 0 Å². The number of nitrogens with one attached hydrogen (secondary N) is 1. The van der Waals surface area contributed by atoms with Gasteiger partial charge in [0.1, 0.15) is 11.3 Å². The molecule has 1 amide bonds. The van der Waals surface area contributed by atoms with Crippen molar-refractivity contribution < 1.29 is 19.4 Å². The number of rotatable bonds is 4. The van der Waals surface area contributed by atoms with Gasteiger partial charge < -0.3 is 15.2 Å². The van der Waals surface area contributed by atoms with Crippen LogP contribution in [0.15, 0.2) is 18.2 Å². The SMILES string of the molecule is COc1cc(NC(=O)C(C)C)ccc1C(=O)O. The number of carboxylic acid groups (broad SMARTS) is 1. The van der Waals surface area contributed by atoms with Crippen LogP contribution in [-0.4, -0.2) is 24.1 Å². The van der Waals surface area contributed by atoms with Crippen molar-refractivity contribution in [2.75, 3.05) is 12.4 Å². The lowest BCUT2D eigenvalue weighted by molar-refractivity contribution is -0.118. The third kappa shape index (κ3) is 3.21. The van der Waals surface area contributed by atoms with Gasteiger partial charge in [-0.3, -0.25) is 4.79 Å². The first kappa shape index (κ1) is 13.0. The van der Waals surface area contributed by atoms with Gasteiger partial charge in [0.2, 0.25) is 5.91 Å². The molecule has 0 saturated carbocycles. The molecule has 0 saturated heterocycles. The van der Waals surface area contributed by atoms with Gasteiger partial charge >= 0.3 is 5.97 Å². The van der Waals surface area contributed by atoms with E-state index in [2.05, 4.69) is 5.32 Å². The van der Waals surface area contributed by atoms with Gasteiger partial charge in [0, 0.05) is 17.7 Å². The number of hydrogen-bond donors (Lipinski definition) is 2. The van der Waals surface area contributed by atoms with Crippen molar-refractivity contribution >= 4 is 17.6 Å². The summed E-state index contributed by atoms with van der Waals surface area (Å²) >= 11 is 0. The number of carboxylic acids is 1.